The zero-order valence-corrected chi connectivity index (χ0v) is 10.2. The number of hydrogen-bond acceptors (Lipinski definition) is 3. The average Bonchev–Trinajstić information content (AvgIpc) is 3.06. The van der Waals surface area contributed by atoms with Crippen LogP contribution >= 0.6 is 0 Å². The molecule has 0 bridgehead atoms. The second kappa shape index (κ2) is 5.67. The molecule has 0 saturated heterocycles. The summed E-state index contributed by atoms with van der Waals surface area (Å²) in [5.41, 5.74) is 5.00. The van der Waals surface area contributed by atoms with Gasteiger partial charge in [0.2, 0.25) is 5.96 Å². The Kier molecular flexibility index (Phi) is 3.98. The maximum Gasteiger partial charge on any atom is 0.205 e. The van der Waals surface area contributed by atoms with Gasteiger partial charge in [-0.25, -0.2) is 5.84 Å². The smallest absolute Gasteiger partial charge is 0.205 e. The first-order chi connectivity index (χ1) is 8.29. The third-order valence-electron chi connectivity index (χ3n) is 2.86. The van der Waals surface area contributed by atoms with E-state index >= 15 is 0 Å². The Labute approximate surface area is 101 Å². The molecule has 0 spiro atoms. The third kappa shape index (κ3) is 3.74. The number of hydrazine groups is 1. The first-order valence-electron chi connectivity index (χ1n) is 6.06. The van der Waals surface area contributed by atoms with Crippen molar-refractivity contribution in [1.82, 2.24) is 20.9 Å². The number of aryl methyl sites for hydroxylation is 2. The van der Waals surface area contributed by atoms with E-state index in [2.05, 4.69) is 25.9 Å². The van der Waals surface area contributed by atoms with Crippen LogP contribution in [0, 0.1) is 6.92 Å². The SMILES string of the molecule is Cc1[nH]ncc1CCCN=C(NN)NC1CC1. The number of hydrogen-bond donors (Lipinski definition) is 4. The van der Waals surface area contributed by atoms with Crippen LogP contribution < -0.4 is 16.6 Å². The standard InChI is InChI=1S/C11H20N6/c1-8-9(7-14-17-8)3-2-6-13-11(16-12)15-10-4-5-10/h7,10H,2-6,12H2,1H3,(H,14,17)(H2,13,15,16). The number of aromatic nitrogens is 2. The van der Waals surface area contributed by atoms with Crippen LogP contribution in [0.2, 0.25) is 0 Å². The molecule has 1 aliphatic rings. The minimum Gasteiger partial charge on any atom is -0.353 e. The summed E-state index contributed by atoms with van der Waals surface area (Å²) in [6.45, 7) is 2.80. The summed E-state index contributed by atoms with van der Waals surface area (Å²) in [5, 5.41) is 10.2. The number of aromatic amines is 1. The summed E-state index contributed by atoms with van der Waals surface area (Å²) in [4.78, 5) is 4.39. The van der Waals surface area contributed by atoms with E-state index in [4.69, 9.17) is 5.84 Å². The van der Waals surface area contributed by atoms with Gasteiger partial charge in [-0.1, -0.05) is 0 Å². The topological polar surface area (TPSA) is 91.1 Å². The first-order valence-corrected chi connectivity index (χ1v) is 6.06. The number of nitrogens with one attached hydrogen (secondary N) is 3. The van der Waals surface area contributed by atoms with Crippen molar-refractivity contribution in [3.05, 3.63) is 17.5 Å². The number of aliphatic imine (C=N–C) groups is 1. The van der Waals surface area contributed by atoms with Gasteiger partial charge in [0.05, 0.1) is 6.20 Å². The summed E-state index contributed by atoms with van der Waals surface area (Å²) >= 11 is 0. The zero-order valence-electron chi connectivity index (χ0n) is 10.2. The zero-order chi connectivity index (χ0) is 12.1. The number of rotatable bonds is 5. The molecule has 17 heavy (non-hydrogen) atoms. The predicted molar refractivity (Wildman–Crippen MR) is 67.4 cm³/mol. The van der Waals surface area contributed by atoms with Gasteiger partial charge >= 0.3 is 0 Å². The molecule has 1 aromatic rings. The van der Waals surface area contributed by atoms with Crippen LogP contribution in [-0.4, -0.2) is 28.7 Å². The highest BCUT2D eigenvalue weighted by atomic mass is 15.3. The molecule has 1 heterocycles. The van der Waals surface area contributed by atoms with Crippen molar-refractivity contribution in [2.24, 2.45) is 10.8 Å². The molecule has 0 atom stereocenters. The summed E-state index contributed by atoms with van der Waals surface area (Å²) in [7, 11) is 0. The molecule has 0 amide bonds. The summed E-state index contributed by atoms with van der Waals surface area (Å²) in [6.07, 6.45) is 6.30. The van der Waals surface area contributed by atoms with Crippen LogP contribution in [0.3, 0.4) is 0 Å². The molecule has 1 aromatic heterocycles. The lowest BCUT2D eigenvalue weighted by Gasteiger charge is -2.07. The molecule has 6 heteroatoms. The van der Waals surface area contributed by atoms with E-state index in [1.165, 1.54) is 18.4 Å². The Hall–Kier alpha value is -1.56. The van der Waals surface area contributed by atoms with Crippen molar-refractivity contribution in [2.45, 2.75) is 38.6 Å². The van der Waals surface area contributed by atoms with Crippen molar-refractivity contribution in [3.63, 3.8) is 0 Å². The van der Waals surface area contributed by atoms with Crippen molar-refractivity contribution in [3.8, 4) is 0 Å². The minimum absolute atomic E-state index is 0.570. The highest BCUT2D eigenvalue weighted by Gasteiger charge is 2.21. The molecular formula is C11H20N6. The molecule has 0 radical (unpaired) electrons. The lowest BCUT2D eigenvalue weighted by molar-refractivity contribution is 0.785. The van der Waals surface area contributed by atoms with Crippen molar-refractivity contribution < 1.29 is 0 Å². The summed E-state index contributed by atoms with van der Waals surface area (Å²) < 4.78 is 0. The van der Waals surface area contributed by atoms with Crippen molar-refractivity contribution >= 4 is 5.96 Å². The monoisotopic (exact) mass is 236 g/mol. The number of guanidine groups is 1. The maximum absolute atomic E-state index is 5.39. The van der Waals surface area contributed by atoms with E-state index in [1.807, 2.05) is 13.1 Å². The van der Waals surface area contributed by atoms with E-state index < -0.39 is 0 Å². The number of H-pyrrole nitrogens is 1. The fourth-order valence-electron chi connectivity index (χ4n) is 1.64. The van der Waals surface area contributed by atoms with Gasteiger partial charge in [-0.2, -0.15) is 5.10 Å². The van der Waals surface area contributed by atoms with Crippen LogP contribution in [0.1, 0.15) is 30.5 Å². The Morgan fingerprint density at radius 2 is 2.47 bits per heavy atom. The summed E-state index contributed by atoms with van der Waals surface area (Å²) in [6, 6.07) is 0.570. The Morgan fingerprint density at radius 3 is 3.06 bits per heavy atom. The van der Waals surface area contributed by atoms with Gasteiger partial charge in [-0.3, -0.25) is 15.5 Å². The Bertz CT molecular complexity index is 379. The quantitative estimate of drug-likeness (QED) is 0.193. The molecule has 0 aliphatic heterocycles. The Morgan fingerprint density at radius 1 is 1.65 bits per heavy atom. The maximum atomic E-state index is 5.39. The molecule has 94 valence electrons. The van der Waals surface area contributed by atoms with Gasteiger partial charge < -0.3 is 5.32 Å². The fraction of sp³-hybridized carbons (Fsp3) is 0.636. The highest BCUT2D eigenvalue weighted by Crippen LogP contribution is 2.18. The molecule has 2 rings (SSSR count). The number of nitrogens with zero attached hydrogens (tertiary/aromatic N) is 2. The van der Waals surface area contributed by atoms with Crippen LogP contribution in [0.25, 0.3) is 0 Å². The van der Waals surface area contributed by atoms with E-state index in [1.54, 1.807) is 0 Å². The van der Waals surface area contributed by atoms with Crippen LogP contribution in [0.4, 0.5) is 0 Å². The molecule has 1 aliphatic carbocycles. The van der Waals surface area contributed by atoms with E-state index in [9.17, 15) is 0 Å². The average molecular weight is 236 g/mol. The largest absolute Gasteiger partial charge is 0.353 e. The van der Waals surface area contributed by atoms with Gasteiger partial charge in [0.1, 0.15) is 0 Å². The lowest BCUT2D eigenvalue weighted by Crippen LogP contribution is -2.42. The Balaban J connectivity index is 1.70. The van der Waals surface area contributed by atoms with Crippen molar-refractivity contribution in [1.29, 1.82) is 0 Å². The van der Waals surface area contributed by atoms with Crippen LogP contribution in [0.15, 0.2) is 11.2 Å². The summed E-state index contributed by atoms with van der Waals surface area (Å²) in [5.74, 6) is 6.10. The van der Waals surface area contributed by atoms with Gasteiger partial charge in [0, 0.05) is 18.3 Å². The molecule has 6 nitrogen and oxygen atoms in total. The number of nitrogens with two attached hydrogens (primary N) is 1. The second-order valence-corrected chi connectivity index (χ2v) is 4.42. The first kappa shape index (κ1) is 11.9. The van der Waals surface area contributed by atoms with Gasteiger partial charge in [-0.05, 0) is 38.2 Å². The molecule has 0 unspecified atom stereocenters. The van der Waals surface area contributed by atoms with E-state index in [0.29, 0.717) is 12.0 Å². The molecule has 5 N–H and O–H groups in total. The van der Waals surface area contributed by atoms with Crippen LogP contribution in [-0.2, 0) is 6.42 Å². The van der Waals surface area contributed by atoms with E-state index in [0.717, 1.165) is 25.1 Å². The third-order valence-corrected chi connectivity index (χ3v) is 2.86. The second-order valence-electron chi connectivity index (χ2n) is 4.42. The highest BCUT2D eigenvalue weighted by molar-refractivity contribution is 5.79. The normalized spacial score (nSPS) is 16.0. The fourth-order valence-corrected chi connectivity index (χ4v) is 1.64. The molecular weight excluding hydrogens is 216 g/mol. The molecule has 1 saturated carbocycles. The van der Waals surface area contributed by atoms with Crippen molar-refractivity contribution in [2.75, 3.05) is 6.54 Å². The van der Waals surface area contributed by atoms with E-state index in [-0.39, 0.29) is 0 Å². The molecule has 1 fully saturated rings. The van der Waals surface area contributed by atoms with Gasteiger partial charge in [-0.15, -0.1) is 0 Å². The minimum atomic E-state index is 0.570. The lowest BCUT2D eigenvalue weighted by atomic mass is 10.1. The van der Waals surface area contributed by atoms with Gasteiger partial charge in [0.15, 0.2) is 0 Å². The van der Waals surface area contributed by atoms with Crippen LogP contribution in [0.5, 0.6) is 0 Å². The molecule has 0 aromatic carbocycles. The van der Waals surface area contributed by atoms with Gasteiger partial charge in [0.25, 0.3) is 0 Å². The predicted octanol–water partition coefficient (Wildman–Crippen LogP) is 0.222.